The van der Waals surface area contributed by atoms with Gasteiger partial charge in [0.2, 0.25) is 0 Å². The summed E-state index contributed by atoms with van der Waals surface area (Å²) in [5.74, 6) is 0.237. The van der Waals surface area contributed by atoms with Crippen LogP contribution in [0.5, 0.6) is 0 Å². The minimum Gasteiger partial charge on any atom is -0.458 e. The Morgan fingerprint density at radius 2 is 1.95 bits per heavy atom. The Morgan fingerprint density at radius 3 is 2.41 bits per heavy atom. The lowest BCUT2D eigenvalue weighted by atomic mass is 9.83. The minimum atomic E-state index is -0.711. The van der Waals surface area contributed by atoms with E-state index in [4.69, 9.17) is 9.84 Å². The number of ether oxygens (including phenoxy) is 1. The molecule has 128 valence electrons. The van der Waals surface area contributed by atoms with Crippen LogP contribution in [-0.2, 0) is 9.53 Å². The first-order valence-electron chi connectivity index (χ1n) is 8.12. The number of hydrogen-bond donors (Lipinski definition) is 2. The van der Waals surface area contributed by atoms with Gasteiger partial charge in [0.05, 0.1) is 6.61 Å². The highest BCUT2D eigenvalue weighted by atomic mass is 16.6. The molecule has 6 nitrogen and oxygen atoms in total. The average molecular weight is 314 g/mol. The molecule has 0 aromatic heterocycles. The van der Waals surface area contributed by atoms with E-state index in [1.165, 1.54) is 19.3 Å². The molecule has 2 amide bonds. The van der Waals surface area contributed by atoms with Gasteiger partial charge in [0.15, 0.2) is 0 Å². The Morgan fingerprint density at radius 1 is 1.32 bits per heavy atom. The molecule has 1 fully saturated rings. The highest BCUT2D eigenvalue weighted by molar-refractivity contribution is 5.83. The van der Waals surface area contributed by atoms with Crippen molar-refractivity contribution in [2.24, 2.45) is 5.92 Å². The maximum atomic E-state index is 12.2. The standard InChI is InChI=1S/C16H30N2O4/c1-12(14(20)22-16(2,3)4)17-15(21)18(10-11-19)9-8-13-6-5-7-13/h12-13,19H,5-11H2,1-4H3,(H,17,21)/t12-/m0/s1. The summed E-state index contributed by atoms with van der Waals surface area (Å²) in [7, 11) is 0. The van der Waals surface area contributed by atoms with Crippen LogP contribution in [0.2, 0.25) is 0 Å². The summed E-state index contributed by atoms with van der Waals surface area (Å²) in [6.07, 6.45) is 4.67. The van der Waals surface area contributed by atoms with Crippen molar-refractivity contribution >= 4 is 12.0 Å². The number of aliphatic hydroxyl groups excluding tert-OH is 1. The van der Waals surface area contributed by atoms with E-state index in [9.17, 15) is 9.59 Å². The molecule has 0 radical (unpaired) electrons. The van der Waals surface area contributed by atoms with Crippen molar-refractivity contribution in [1.82, 2.24) is 10.2 Å². The zero-order valence-electron chi connectivity index (χ0n) is 14.2. The lowest BCUT2D eigenvalue weighted by Gasteiger charge is -2.30. The van der Waals surface area contributed by atoms with Gasteiger partial charge in [-0.1, -0.05) is 19.3 Å². The summed E-state index contributed by atoms with van der Waals surface area (Å²) in [5.41, 5.74) is -0.578. The Hall–Kier alpha value is -1.30. The number of hydrogen-bond acceptors (Lipinski definition) is 4. The molecule has 6 heteroatoms. The second kappa shape index (κ2) is 8.36. The molecular formula is C16H30N2O4. The second-order valence-corrected chi connectivity index (χ2v) is 7.00. The molecule has 22 heavy (non-hydrogen) atoms. The first-order chi connectivity index (χ1) is 10.2. The molecular weight excluding hydrogens is 284 g/mol. The molecule has 2 N–H and O–H groups in total. The molecule has 0 spiro atoms. The average Bonchev–Trinajstić information content (AvgIpc) is 2.33. The molecule has 0 saturated heterocycles. The van der Waals surface area contributed by atoms with Gasteiger partial charge in [-0.3, -0.25) is 0 Å². The fourth-order valence-electron chi connectivity index (χ4n) is 2.28. The van der Waals surface area contributed by atoms with E-state index in [0.717, 1.165) is 6.42 Å². The smallest absolute Gasteiger partial charge is 0.328 e. The Labute approximate surface area is 133 Å². The fraction of sp³-hybridized carbons (Fsp3) is 0.875. The Kier molecular flexibility index (Phi) is 7.13. The summed E-state index contributed by atoms with van der Waals surface area (Å²) in [6.45, 7) is 7.77. The van der Waals surface area contributed by atoms with Crippen LogP contribution < -0.4 is 5.32 Å². The highest BCUT2D eigenvalue weighted by Crippen LogP contribution is 2.29. The third-order valence-electron chi connectivity index (χ3n) is 3.79. The van der Waals surface area contributed by atoms with E-state index in [0.29, 0.717) is 12.5 Å². The van der Waals surface area contributed by atoms with Crippen molar-refractivity contribution in [3.63, 3.8) is 0 Å². The van der Waals surface area contributed by atoms with Crippen LogP contribution in [0.3, 0.4) is 0 Å². The van der Waals surface area contributed by atoms with Crippen molar-refractivity contribution in [1.29, 1.82) is 0 Å². The molecule has 0 unspecified atom stereocenters. The van der Waals surface area contributed by atoms with Crippen molar-refractivity contribution in [2.45, 2.75) is 65.0 Å². The Balaban J connectivity index is 2.44. The van der Waals surface area contributed by atoms with E-state index in [1.807, 2.05) is 0 Å². The highest BCUT2D eigenvalue weighted by Gasteiger charge is 2.25. The van der Waals surface area contributed by atoms with E-state index in [2.05, 4.69) is 5.32 Å². The maximum absolute atomic E-state index is 12.2. The van der Waals surface area contributed by atoms with Crippen molar-refractivity contribution in [3.8, 4) is 0 Å². The number of nitrogens with zero attached hydrogens (tertiary/aromatic N) is 1. The van der Waals surface area contributed by atoms with Gasteiger partial charge in [-0.25, -0.2) is 9.59 Å². The predicted octanol–water partition coefficient (Wildman–Crippen LogP) is 1.91. The molecule has 1 saturated carbocycles. The molecule has 0 bridgehead atoms. The normalized spacial score (nSPS) is 16.6. The van der Waals surface area contributed by atoms with Crippen LogP contribution in [-0.4, -0.2) is 53.3 Å². The van der Waals surface area contributed by atoms with Gasteiger partial charge < -0.3 is 20.1 Å². The van der Waals surface area contributed by atoms with E-state index < -0.39 is 17.6 Å². The van der Waals surface area contributed by atoms with Gasteiger partial charge >= 0.3 is 12.0 Å². The Bertz CT molecular complexity index is 375. The van der Waals surface area contributed by atoms with Gasteiger partial charge in [-0.15, -0.1) is 0 Å². The van der Waals surface area contributed by atoms with Crippen LogP contribution >= 0.6 is 0 Å². The van der Waals surface area contributed by atoms with E-state index in [-0.39, 0.29) is 19.2 Å². The summed E-state index contributed by atoms with van der Waals surface area (Å²) < 4.78 is 5.24. The lowest BCUT2D eigenvalue weighted by Crippen LogP contribution is -2.49. The molecule has 0 heterocycles. The second-order valence-electron chi connectivity index (χ2n) is 7.00. The molecule has 0 aromatic rings. The number of carbonyl (C=O) groups excluding carboxylic acids is 2. The largest absolute Gasteiger partial charge is 0.458 e. The molecule has 1 rings (SSSR count). The first kappa shape index (κ1) is 18.7. The molecule has 1 aliphatic carbocycles. The van der Waals surface area contributed by atoms with E-state index in [1.54, 1.807) is 32.6 Å². The fourth-order valence-corrected chi connectivity index (χ4v) is 2.28. The number of amides is 2. The SMILES string of the molecule is C[C@H](NC(=O)N(CCO)CCC1CCC1)C(=O)OC(C)(C)C. The quantitative estimate of drug-likeness (QED) is 0.704. The van der Waals surface area contributed by atoms with Crippen LogP contribution in [0.4, 0.5) is 4.79 Å². The third-order valence-corrected chi connectivity index (χ3v) is 3.79. The number of rotatable bonds is 7. The molecule has 1 atom stereocenters. The number of nitrogens with one attached hydrogen (secondary N) is 1. The predicted molar refractivity (Wildman–Crippen MR) is 84.5 cm³/mol. The van der Waals surface area contributed by atoms with Gasteiger partial charge in [0, 0.05) is 13.1 Å². The van der Waals surface area contributed by atoms with Crippen molar-refractivity contribution in [3.05, 3.63) is 0 Å². The van der Waals surface area contributed by atoms with Gasteiger partial charge in [0.1, 0.15) is 11.6 Å². The number of esters is 1. The number of carbonyl (C=O) groups is 2. The molecule has 0 aromatic carbocycles. The monoisotopic (exact) mass is 314 g/mol. The zero-order valence-corrected chi connectivity index (χ0v) is 14.2. The topological polar surface area (TPSA) is 78.9 Å². The van der Waals surface area contributed by atoms with Crippen LogP contribution in [0, 0.1) is 5.92 Å². The van der Waals surface area contributed by atoms with Gasteiger partial charge in [-0.2, -0.15) is 0 Å². The van der Waals surface area contributed by atoms with Crippen LogP contribution in [0.25, 0.3) is 0 Å². The van der Waals surface area contributed by atoms with Crippen LogP contribution in [0.15, 0.2) is 0 Å². The first-order valence-corrected chi connectivity index (χ1v) is 8.12. The molecule has 1 aliphatic rings. The third kappa shape index (κ3) is 6.64. The van der Waals surface area contributed by atoms with Crippen LogP contribution in [0.1, 0.15) is 53.4 Å². The lowest BCUT2D eigenvalue weighted by molar-refractivity contribution is -0.156. The minimum absolute atomic E-state index is 0.0844. The van der Waals surface area contributed by atoms with Gasteiger partial charge in [0.25, 0.3) is 0 Å². The summed E-state index contributed by atoms with van der Waals surface area (Å²) >= 11 is 0. The van der Waals surface area contributed by atoms with E-state index >= 15 is 0 Å². The van der Waals surface area contributed by atoms with Crippen molar-refractivity contribution in [2.75, 3.05) is 19.7 Å². The zero-order chi connectivity index (χ0) is 16.8. The summed E-state index contributed by atoms with van der Waals surface area (Å²) in [6, 6.07) is -1.04. The maximum Gasteiger partial charge on any atom is 0.328 e. The number of aliphatic hydroxyl groups is 1. The van der Waals surface area contributed by atoms with Gasteiger partial charge in [-0.05, 0) is 40.0 Å². The summed E-state index contributed by atoms with van der Waals surface area (Å²) in [5, 5.41) is 11.8. The summed E-state index contributed by atoms with van der Waals surface area (Å²) in [4.78, 5) is 25.7. The molecule has 0 aliphatic heterocycles. The number of urea groups is 1. The van der Waals surface area contributed by atoms with Crippen molar-refractivity contribution < 1.29 is 19.4 Å².